The number of halogens is 4. The molecule has 0 spiro atoms. The fourth-order valence-corrected chi connectivity index (χ4v) is 5.04. The fourth-order valence-electron chi connectivity index (χ4n) is 4.78. The molecule has 0 radical (unpaired) electrons. The van der Waals surface area contributed by atoms with Crippen LogP contribution >= 0.6 is 11.6 Å². The Balaban J connectivity index is 2.00. The molecule has 200 valence electrons. The largest absolute Gasteiger partial charge is 0.447 e. The van der Waals surface area contributed by atoms with Gasteiger partial charge in [0.15, 0.2) is 0 Å². The molecule has 0 saturated carbocycles. The van der Waals surface area contributed by atoms with E-state index in [0.29, 0.717) is 37.2 Å². The van der Waals surface area contributed by atoms with Crippen molar-refractivity contribution in [2.45, 2.75) is 90.3 Å². The third kappa shape index (κ3) is 7.04. The van der Waals surface area contributed by atoms with Gasteiger partial charge in [-0.15, -0.1) is 0 Å². The maximum Gasteiger partial charge on any atom is 0.416 e. The molecule has 1 aliphatic heterocycles. The van der Waals surface area contributed by atoms with Crippen LogP contribution in [-0.2, 0) is 17.5 Å². The average molecular weight is 538 g/mol. The second kappa shape index (κ2) is 12.0. The van der Waals surface area contributed by atoms with Gasteiger partial charge in [0.2, 0.25) is 5.95 Å². The molecule has 7 nitrogen and oxygen atoms in total. The lowest BCUT2D eigenvalue weighted by molar-refractivity contribution is -0.137. The summed E-state index contributed by atoms with van der Waals surface area (Å²) in [5.74, 6) is 0.292. The van der Waals surface area contributed by atoms with Gasteiger partial charge in [0.1, 0.15) is 6.07 Å². The summed E-state index contributed by atoms with van der Waals surface area (Å²) in [5.41, 5.74) is -0.203. The molecule has 1 aromatic carbocycles. The molecule has 3 rings (SSSR count). The summed E-state index contributed by atoms with van der Waals surface area (Å²) in [6.07, 6.45) is 0.0727. The lowest BCUT2D eigenvalue weighted by Crippen LogP contribution is -2.57. The molecular weight excluding hydrogens is 507 g/mol. The van der Waals surface area contributed by atoms with Crippen LogP contribution in [0.5, 0.6) is 0 Å². The van der Waals surface area contributed by atoms with Crippen molar-refractivity contribution in [1.82, 2.24) is 14.9 Å². The minimum Gasteiger partial charge on any atom is -0.447 e. The maximum atomic E-state index is 13.5. The topological polar surface area (TPSA) is 82.4 Å². The number of benzene rings is 1. The van der Waals surface area contributed by atoms with E-state index in [1.54, 1.807) is 18.7 Å². The number of hydrogen-bond acceptors (Lipinski definition) is 6. The number of alkyl halides is 3. The molecule has 3 atom stereocenters. The lowest BCUT2D eigenvalue weighted by atomic mass is 9.87. The van der Waals surface area contributed by atoms with E-state index in [-0.39, 0.29) is 47.5 Å². The number of carbonyl (C=O) groups excluding carboxylic acids is 1. The first-order valence-electron chi connectivity index (χ1n) is 12.3. The molecular formula is C26H31ClF3N5O2. The van der Waals surface area contributed by atoms with Crippen molar-refractivity contribution >= 4 is 23.6 Å². The molecule has 2 heterocycles. The van der Waals surface area contributed by atoms with Crippen molar-refractivity contribution < 1.29 is 22.7 Å². The van der Waals surface area contributed by atoms with Crippen molar-refractivity contribution in [2.75, 3.05) is 4.90 Å². The number of rotatable bonds is 7. The minimum absolute atomic E-state index is 0.0189. The van der Waals surface area contributed by atoms with Gasteiger partial charge in [-0.05, 0) is 63.3 Å². The zero-order chi connectivity index (χ0) is 27.3. The van der Waals surface area contributed by atoms with Gasteiger partial charge in [-0.25, -0.2) is 14.8 Å². The highest BCUT2D eigenvalue weighted by Crippen LogP contribution is 2.35. The standard InChI is InChI=1S/C26H31ClF3N5O2/c1-5-21-10-23(11-22(6-2)35(21)25(36)37-16(3)4)34(24-32-13-18(12-31)14-33-24)15-17-7-19(26(28,29)30)9-20(27)8-17/h7-9,13-14,16,21-23H,5-6,10-11,15H2,1-4H3/t21-,22+,23?. The van der Waals surface area contributed by atoms with Gasteiger partial charge in [0.05, 0.1) is 29.6 Å². The van der Waals surface area contributed by atoms with Gasteiger partial charge in [0.25, 0.3) is 0 Å². The van der Waals surface area contributed by atoms with Crippen LogP contribution in [0.4, 0.5) is 23.9 Å². The molecule has 11 heteroatoms. The van der Waals surface area contributed by atoms with Crippen molar-refractivity contribution in [1.29, 1.82) is 5.26 Å². The highest BCUT2D eigenvalue weighted by molar-refractivity contribution is 6.30. The predicted octanol–water partition coefficient (Wildman–Crippen LogP) is 6.59. The number of likely N-dealkylation sites (tertiary alicyclic amines) is 1. The Hall–Kier alpha value is -3.06. The summed E-state index contributed by atoms with van der Waals surface area (Å²) in [6, 6.07) is 4.99. The van der Waals surface area contributed by atoms with Crippen LogP contribution in [0.3, 0.4) is 0 Å². The third-order valence-corrected chi connectivity index (χ3v) is 6.69. The predicted molar refractivity (Wildman–Crippen MR) is 134 cm³/mol. The van der Waals surface area contributed by atoms with E-state index in [9.17, 15) is 18.0 Å². The lowest BCUT2D eigenvalue weighted by Gasteiger charge is -2.47. The first kappa shape index (κ1) is 28.5. The first-order valence-corrected chi connectivity index (χ1v) is 12.7. The van der Waals surface area contributed by atoms with Crippen LogP contribution in [-0.4, -0.2) is 45.2 Å². The zero-order valence-corrected chi connectivity index (χ0v) is 22.1. The van der Waals surface area contributed by atoms with Crippen molar-refractivity contribution in [3.63, 3.8) is 0 Å². The van der Waals surface area contributed by atoms with Gasteiger partial charge >= 0.3 is 12.3 Å². The quantitative estimate of drug-likeness (QED) is 0.396. The van der Waals surface area contributed by atoms with Crippen LogP contribution in [0.25, 0.3) is 0 Å². The van der Waals surface area contributed by atoms with Crippen LogP contribution in [0.2, 0.25) is 5.02 Å². The van der Waals surface area contributed by atoms with Crippen LogP contribution in [0, 0.1) is 11.3 Å². The molecule has 1 unspecified atom stereocenters. The number of nitriles is 1. The molecule has 1 aromatic heterocycles. The Bertz CT molecular complexity index is 1110. The summed E-state index contributed by atoms with van der Waals surface area (Å²) in [4.78, 5) is 25.3. The Morgan fingerprint density at radius 2 is 1.78 bits per heavy atom. The Kier molecular flexibility index (Phi) is 9.24. The van der Waals surface area contributed by atoms with Crippen molar-refractivity contribution in [2.24, 2.45) is 0 Å². The number of piperidine rings is 1. The second-order valence-electron chi connectivity index (χ2n) is 9.45. The van der Waals surface area contributed by atoms with E-state index in [0.717, 1.165) is 12.1 Å². The monoisotopic (exact) mass is 537 g/mol. The van der Waals surface area contributed by atoms with Crippen LogP contribution in [0.1, 0.15) is 70.1 Å². The Morgan fingerprint density at radius 1 is 1.19 bits per heavy atom. The molecule has 1 fully saturated rings. The van der Waals surface area contributed by atoms with Crippen LogP contribution in [0.15, 0.2) is 30.6 Å². The average Bonchev–Trinajstić information content (AvgIpc) is 2.85. The molecule has 0 N–H and O–H groups in total. The van der Waals surface area contributed by atoms with Gasteiger partial charge in [-0.1, -0.05) is 25.4 Å². The second-order valence-corrected chi connectivity index (χ2v) is 9.88. The van der Waals surface area contributed by atoms with Crippen molar-refractivity contribution in [3.05, 3.63) is 52.3 Å². The number of aromatic nitrogens is 2. The van der Waals surface area contributed by atoms with Crippen molar-refractivity contribution in [3.8, 4) is 6.07 Å². The molecule has 0 aliphatic carbocycles. The normalized spacial score (nSPS) is 20.0. The van der Waals surface area contributed by atoms with E-state index >= 15 is 0 Å². The highest BCUT2D eigenvalue weighted by atomic mass is 35.5. The molecule has 1 amide bonds. The third-order valence-electron chi connectivity index (χ3n) is 6.47. The summed E-state index contributed by atoms with van der Waals surface area (Å²) in [7, 11) is 0. The number of hydrogen-bond donors (Lipinski definition) is 0. The summed E-state index contributed by atoms with van der Waals surface area (Å²) in [5, 5.41) is 9.13. The number of anilines is 1. The van der Waals surface area contributed by atoms with Gasteiger partial charge in [-0.3, -0.25) is 0 Å². The number of carbonyl (C=O) groups is 1. The van der Waals surface area contributed by atoms with E-state index in [4.69, 9.17) is 21.6 Å². The van der Waals surface area contributed by atoms with Gasteiger partial charge in [-0.2, -0.15) is 18.4 Å². The zero-order valence-electron chi connectivity index (χ0n) is 21.3. The number of nitrogens with zero attached hydrogens (tertiary/aromatic N) is 5. The Labute approximate surface area is 220 Å². The van der Waals surface area contributed by atoms with E-state index < -0.39 is 11.7 Å². The van der Waals surface area contributed by atoms with Gasteiger partial charge in [0, 0.05) is 29.7 Å². The maximum absolute atomic E-state index is 13.5. The number of ether oxygens (including phenoxy) is 1. The van der Waals surface area contributed by atoms with E-state index in [1.165, 1.54) is 18.5 Å². The molecule has 2 aromatic rings. The minimum atomic E-state index is -4.54. The Morgan fingerprint density at radius 3 is 2.27 bits per heavy atom. The molecule has 1 aliphatic rings. The number of amides is 1. The molecule has 0 bridgehead atoms. The first-order chi connectivity index (χ1) is 17.5. The van der Waals surface area contributed by atoms with Gasteiger partial charge < -0.3 is 14.5 Å². The smallest absolute Gasteiger partial charge is 0.416 e. The SMILES string of the molecule is CC[C@@H]1CC(N(Cc2cc(Cl)cc(C(F)(F)F)c2)c2ncc(C#N)cn2)C[C@H](CC)N1C(=O)OC(C)C. The summed E-state index contributed by atoms with van der Waals surface area (Å²) in [6.45, 7) is 7.66. The summed E-state index contributed by atoms with van der Waals surface area (Å²) < 4.78 is 45.9. The van der Waals surface area contributed by atoms with Crippen LogP contribution < -0.4 is 4.90 Å². The van der Waals surface area contributed by atoms with E-state index in [1.807, 2.05) is 24.8 Å². The molecule has 1 saturated heterocycles. The molecule has 37 heavy (non-hydrogen) atoms. The highest BCUT2D eigenvalue weighted by Gasteiger charge is 2.41. The fraction of sp³-hybridized carbons (Fsp3) is 0.538. The summed E-state index contributed by atoms with van der Waals surface area (Å²) >= 11 is 6.05. The van der Waals surface area contributed by atoms with E-state index in [2.05, 4.69) is 9.97 Å².